The normalized spacial score (nSPS) is 16.6. The van der Waals surface area contributed by atoms with Crippen LogP contribution in [-0.4, -0.2) is 56.0 Å². The average molecular weight is 291 g/mol. The van der Waals surface area contributed by atoms with E-state index in [9.17, 15) is 14.7 Å². The van der Waals surface area contributed by atoms with Crippen LogP contribution < -0.4 is 15.3 Å². The molecule has 0 saturated carbocycles. The fourth-order valence-corrected chi connectivity index (χ4v) is 2.48. The van der Waals surface area contributed by atoms with E-state index in [2.05, 4.69) is 17.1 Å². The summed E-state index contributed by atoms with van der Waals surface area (Å²) in [6.07, 6.45) is 0. The molecule has 0 aromatic heterocycles. The van der Waals surface area contributed by atoms with E-state index in [0.717, 1.165) is 32.7 Å². The van der Waals surface area contributed by atoms with Gasteiger partial charge in [0.2, 0.25) is 0 Å². The molecule has 0 atom stereocenters. The summed E-state index contributed by atoms with van der Waals surface area (Å²) in [6.45, 7) is 7.66. The van der Waals surface area contributed by atoms with Crippen LogP contribution in [0.3, 0.4) is 0 Å². The van der Waals surface area contributed by atoms with Crippen molar-refractivity contribution in [3.63, 3.8) is 0 Å². The Morgan fingerprint density at radius 1 is 1.24 bits per heavy atom. The van der Waals surface area contributed by atoms with Crippen LogP contribution in [-0.2, 0) is 4.79 Å². The molecule has 1 fully saturated rings. The summed E-state index contributed by atoms with van der Waals surface area (Å²) < 4.78 is 0. The molecule has 1 aromatic carbocycles. The number of nitrogens with zero attached hydrogens (tertiary/aromatic N) is 1. The lowest BCUT2D eigenvalue weighted by Gasteiger charge is -2.30. The minimum absolute atomic E-state index is 0.0452. The molecule has 6 nitrogen and oxygen atoms in total. The number of aromatic carboxylic acids is 1. The van der Waals surface area contributed by atoms with E-state index in [1.165, 1.54) is 17.0 Å². The second kappa shape index (κ2) is 7.19. The van der Waals surface area contributed by atoms with Crippen LogP contribution in [0.15, 0.2) is 24.3 Å². The van der Waals surface area contributed by atoms with Gasteiger partial charge in [-0.3, -0.25) is 9.69 Å². The van der Waals surface area contributed by atoms with E-state index < -0.39 is 5.97 Å². The number of amides is 1. The molecule has 114 valence electrons. The van der Waals surface area contributed by atoms with E-state index in [1.807, 2.05) is 0 Å². The van der Waals surface area contributed by atoms with Crippen LogP contribution in [0.25, 0.3) is 0 Å². The van der Waals surface area contributed by atoms with Crippen molar-refractivity contribution >= 4 is 17.6 Å². The predicted octanol–water partition coefficient (Wildman–Crippen LogP) is -1.79. The second-order valence-corrected chi connectivity index (χ2v) is 5.27. The van der Waals surface area contributed by atoms with Crippen molar-refractivity contribution < 1.29 is 19.6 Å². The number of carboxylic acids is 1. The van der Waals surface area contributed by atoms with Gasteiger partial charge in [0.1, 0.15) is 0 Å². The zero-order chi connectivity index (χ0) is 15.2. The molecule has 0 bridgehead atoms. The van der Waals surface area contributed by atoms with Gasteiger partial charge < -0.3 is 20.1 Å². The molecule has 0 radical (unpaired) electrons. The molecule has 6 heteroatoms. The average Bonchev–Trinajstić information content (AvgIpc) is 2.48. The molecule has 1 saturated heterocycles. The molecule has 0 spiro atoms. The zero-order valence-corrected chi connectivity index (χ0v) is 12.2. The van der Waals surface area contributed by atoms with Gasteiger partial charge >= 0.3 is 0 Å². The van der Waals surface area contributed by atoms with Crippen molar-refractivity contribution in [1.29, 1.82) is 0 Å². The summed E-state index contributed by atoms with van der Waals surface area (Å²) in [5, 5.41) is 13.4. The fourth-order valence-electron chi connectivity index (χ4n) is 2.48. The Bertz CT molecular complexity index is 493. The van der Waals surface area contributed by atoms with Crippen LogP contribution in [0, 0.1) is 0 Å². The summed E-state index contributed by atoms with van der Waals surface area (Å²) in [6, 6.07) is 6.01. The lowest BCUT2D eigenvalue weighted by Crippen LogP contribution is -3.15. The van der Waals surface area contributed by atoms with Gasteiger partial charge in [-0.1, -0.05) is 19.1 Å². The molecule has 2 N–H and O–H groups in total. The van der Waals surface area contributed by atoms with Gasteiger partial charge in [0.15, 0.2) is 6.54 Å². The quantitative estimate of drug-likeness (QED) is 0.672. The molecule has 1 aliphatic heterocycles. The first-order valence-corrected chi connectivity index (χ1v) is 7.25. The summed E-state index contributed by atoms with van der Waals surface area (Å²) in [7, 11) is 0. The molecule has 1 heterocycles. The Morgan fingerprint density at radius 3 is 2.38 bits per heavy atom. The summed E-state index contributed by atoms with van der Waals surface area (Å²) >= 11 is 0. The van der Waals surface area contributed by atoms with E-state index in [0.29, 0.717) is 12.2 Å². The first-order chi connectivity index (χ1) is 10.1. The zero-order valence-electron chi connectivity index (χ0n) is 12.2. The van der Waals surface area contributed by atoms with Gasteiger partial charge in [-0.25, -0.2) is 0 Å². The van der Waals surface area contributed by atoms with Gasteiger partial charge in [-0.15, -0.1) is 0 Å². The van der Waals surface area contributed by atoms with Crippen LogP contribution in [0.5, 0.6) is 0 Å². The van der Waals surface area contributed by atoms with E-state index in [-0.39, 0.29) is 11.5 Å². The highest BCUT2D eigenvalue weighted by atomic mass is 16.4. The van der Waals surface area contributed by atoms with E-state index in [1.54, 1.807) is 12.1 Å². The predicted molar refractivity (Wildman–Crippen MR) is 77.1 cm³/mol. The number of carboxylic acid groups (broad SMARTS) is 1. The molecule has 21 heavy (non-hydrogen) atoms. The first-order valence-electron chi connectivity index (χ1n) is 7.25. The number of quaternary nitrogens is 1. The number of carbonyl (C=O) groups is 2. The minimum Gasteiger partial charge on any atom is -0.545 e. The lowest BCUT2D eigenvalue weighted by atomic mass is 10.2. The van der Waals surface area contributed by atoms with E-state index >= 15 is 0 Å². The number of carbonyl (C=O) groups excluding carboxylic acids is 2. The highest BCUT2D eigenvalue weighted by Crippen LogP contribution is 2.08. The molecule has 1 aliphatic rings. The van der Waals surface area contributed by atoms with Crippen LogP contribution in [0.1, 0.15) is 17.3 Å². The molecule has 2 rings (SSSR count). The maximum atomic E-state index is 12.0. The number of hydrogen-bond donors (Lipinski definition) is 2. The summed E-state index contributed by atoms with van der Waals surface area (Å²) in [5.41, 5.74) is 0.714. The fraction of sp³-hybridized carbons (Fsp3) is 0.467. The Hall–Kier alpha value is -1.92. The number of likely N-dealkylation sites (N-methyl/N-ethyl adjacent to an activating group) is 1. The number of anilines is 1. The molecular weight excluding hydrogens is 270 g/mol. The van der Waals surface area contributed by atoms with Crippen molar-refractivity contribution in [1.82, 2.24) is 4.90 Å². The third-order valence-corrected chi connectivity index (χ3v) is 3.83. The summed E-state index contributed by atoms with van der Waals surface area (Å²) in [5.74, 6) is -1.26. The van der Waals surface area contributed by atoms with Gasteiger partial charge in [0, 0.05) is 18.8 Å². The van der Waals surface area contributed by atoms with Crippen LogP contribution in [0.4, 0.5) is 5.69 Å². The Balaban J connectivity index is 1.80. The maximum Gasteiger partial charge on any atom is 0.279 e. The van der Waals surface area contributed by atoms with Gasteiger partial charge in [-0.05, 0) is 24.2 Å². The maximum absolute atomic E-state index is 12.0. The molecule has 0 unspecified atom stereocenters. The number of nitrogens with one attached hydrogen (secondary N) is 2. The third-order valence-electron chi connectivity index (χ3n) is 3.83. The second-order valence-electron chi connectivity index (χ2n) is 5.27. The monoisotopic (exact) mass is 291 g/mol. The van der Waals surface area contributed by atoms with Crippen molar-refractivity contribution in [2.45, 2.75) is 6.92 Å². The van der Waals surface area contributed by atoms with Crippen LogP contribution >= 0.6 is 0 Å². The third kappa shape index (κ3) is 4.54. The molecule has 1 aromatic rings. The minimum atomic E-state index is -1.22. The number of hydrogen-bond acceptors (Lipinski definition) is 4. The smallest absolute Gasteiger partial charge is 0.279 e. The Kier molecular flexibility index (Phi) is 5.30. The number of rotatable bonds is 5. The number of benzene rings is 1. The van der Waals surface area contributed by atoms with Crippen molar-refractivity contribution in [3.8, 4) is 0 Å². The highest BCUT2D eigenvalue weighted by Gasteiger charge is 2.20. The van der Waals surface area contributed by atoms with Gasteiger partial charge in [0.25, 0.3) is 5.91 Å². The van der Waals surface area contributed by atoms with Crippen molar-refractivity contribution in [3.05, 3.63) is 29.8 Å². The van der Waals surface area contributed by atoms with Crippen LogP contribution in [0.2, 0.25) is 0 Å². The topological polar surface area (TPSA) is 76.9 Å². The first kappa shape index (κ1) is 15.5. The van der Waals surface area contributed by atoms with Gasteiger partial charge in [0.05, 0.1) is 19.1 Å². The van der Waals surface area contributed by atoms with E-state index in [4.69, 9.17) is 0 Å². The van der Waals surface area contributed by atoms with Crippen molar-refractivity contribution in [2.75, 3.05) is 44.6 Å². The number of piperazine rings is 1. The lowest BCUT2D eigenvalue weighted by molar-refractivity contribution is -0.896. The summed E-state index contributed by atoms with van der Waals surface area (Å²) in [4.78, 5) is 26.3. The Labute approximate surface area is 124 Å². The largest absolute Gasteiger partial charge is 0.545 e. The SMILES string of the molecule is CCN1CC[NH+](CC(=O)Nc2ccc(C(=O)[O-])cc2)CC1. The van der Waals surface area contributed by atoms with Gasteiger partial charge in [-0.2, -0.15) is 0 Å². The molecule has 0 aliphatic carbocycles. The molecular formula is C15H21N3O3. The standard InChI is InChI=1S/C15H21N3O3/c1-2-17-7-9-18(10-8-17)11-14(19)16-13-5-3-12(4-6-13)15(20)21/h3-6H,2,7-11H2,1H3,(H,16,19)(H,20,21). The van der Waals surface area contributed by atoms with Crippen molar-refractivity contribution in [2.24, 2.45) is 0 Å². The highest BCUT2D eigenvalue weighted by molar-refractivity contribution is 5.92. The Morgan fingerprint density at radius 2 is 1.86 bits per heavy atom. The molecule has 1 amide bonds.